The Bertz CT molecular complexity index is 833. The van der Waals surface area contributed by atoms with E-state index < -0.39 is 12.1 Å². The lowest BCUT2D eigenvalue weighted by atomic mass is 10.1. The standard InChI is InChI=1S/C20H25ClN4O4/c1-13(25-17-15(19(26)27)11-24-18(21)16(17)22)7-5-6-10-23-20(28)29-12-14-8-3-2-4-9-14/h2-4,8-9,11,13H,5-7,10,12,22H2,1H3,(H,23,28)(H,24,25)(H,26,27)/t13-/m0/s1. The number of carboxylic acids is 1. The average molecular weight is 421 g/mol. The lowest BCUT2D eigenvalue weighted by Gasteiger charge is -2.19. The number of benzene rings is 1. The van der Waals surface area contributed by atoms with Gasteiger partial charge in [-0.3, -0.25) is 0 Å². The minimum atomic E-state index is -1.13. The fourth-order valence-electron chi connectivity index (χ4n) is 2.68. The van der Waals surface area contributed by atoms with Gasteiger partial charge < -0.3 is 26.2 Å². The Morgan fingerprint density at radius 1 is 1.28 bits per heavy atom. The molecule has 0 saturated heterocycles. The number of rotatable bonds is 10. The molecule has 9 heteroatoms. The monoisotopic (exact) mass is 420 g/mol. The van der Waals surface area contributed by atoms with E-state index >= 15 is 0 Å². The van der Waals surface area contributed by atoms with Crippen LogP contribution in [0.2, 0.25) is 5.15 Å². The summed E-state index contributed by atoms with van der Waals surface area (Å²) in [6.45, 7) is 2.64. The Labute approximate surface area is 174 Å². The number of aromatic carboxylic acids is 1. The lowest BCUT2D eigenvalue weighted by Crippen LogP contribution is -2.25. The number of halogens is 1. The van der Waals surface area contributed by atoms with Crippen molar-refractivity contribution in [3.05, 3.63) is 52.8 Å². The van der Waals surface area contributed by atoms with Gasteiger partial charge in [-0.1, -0.05) is 41.9 Å². The molecule has 0 bridgehead atoms. The molecule has 5 N–H and O–H groups in total. The molecule has 2 aromatic rings. The molecular formula is C20H25ClN4O4. The van der Waals surface area contributed by atoms with Crippen LogP contribution in [0.15, 0.2) is 36.5 Å². The third-order valence-corrected chi connectivity index (χ3v) is 4.54. The van der Waals surface area contributed by atoms with Gasteiger partial charge in [0.25, 0.3) is 0 Å². The molecule has 0 aliphatic heterocycles. The molecule has 0 aliphatic rings. The first-order valence-electron chi connectivity index (χ1n) is 9.26. The number of nitrogens with two attached hydrogens (primary N) is 1. The van der Waals surface area contributed by atoms with Crippen LogP contribution >= 0.6 is 11.6 Å². The maximum atomic E-state index is 11.7. The predicted molar refractivity (Wildman–Crippen MR) is 112 cm³/mol. The molecule has 0 saturated carbocycles. The second kappa shape index (κ2) is 11.1. The molecule has 29 heavy (non-hydrogen) atoms. The van der Waals surface area contributed by atoms with Crippen molar-refractivity contribution in [3.63, 3.8) is 0 Å². The highest BCUT2D eigenvalue weighted by Crippen LogP contribution is 2.30. The van der Waals surface area contributed by atoms with E-state index in [2.05, 4.69) is 15.6 Å². The molecule has 2 rings (SSSR count). The number of carbonyl (C=O) groups is 2. The number of hydrogen-bond acceptors (Lipinski definition) is 6. The van der Waals surface area contributed by atoms with E-state index in [0.29, 0.717) is 6.54 Å². The van der Waals surface area contributed by atoms with E-state index in [0.717, 1.165) is 24.8 Å². The van der Waals surface area contributed by atoms with Crippen molar-refractivity contribution in [1.29, 1.82) is 0 Å². The molecule has 0 aliphatic carbocycles. The summed E-state index contributed by atoms with van der Waals surface area (Å²) in [4.78, 5) is 26.8. The lowest BCUT2D eigenvalue weighted by molar-refractivity contribution is 0.0697. The van der Waals surface area contributed by atoms with Crippen molar-refractivity contribution in [2.45, 2.75) is 38.8 Å². The molecular weight excluding hydrogens is 396 g/mol. The molecule has 1 amide bonds. The van der Waals surface area contributed by atoms with E-state index in [1.54, 1.807) is 0 Å². The number of carbonyl (C=O) groups excluding carboxylic acids is 1. The Hall–Kier alpha value is -3.00. The second-order valence-corrected chi connectivity index (χ2v) is 6.94. The number of anilines is 2. The second-order valence-electron chi connectivity index (χ2n) is 6.59. The third kappa shape index (κ3) is 7.15. The van der Waals surface area contributed by atoms with Gasteiger partial charge in [-0.2, -0.15) is 0 Å². The van der Waals surface area contributed by atoms with E-state index in [9.17, 15) is 14.7 Å². The van der Waals surface area contributed by atoms with Crippen LogP contribution in [-0.2, 0) is 11.3 Å². The van der Waals surface area contributed by atoms with Gasteiger partial charge in [0.1, 0.15) is 12.2 Å². The van der Waals surface area contributed by atoms with Crippen LogP contribution in [0, 0.1) is 0 Å². The number of nitrogen functional groups attached to an aromatic ring is 1. The number of ether oxygens (including phenoxy) is 1. The van der Waals surface area contributed by atoms with E-state index in [-0.39, 0.29) is 34.7 Å². The van der Waals surface area contributed by atoms with Crippen molar-refractivity contribution in [2.24, 2.45) is 0 Å². The Kier molecular flexibility index (Phi) is 8.54. The molecule has 0 spiro atoms. The first-order chi connectivity index (χ1) is 13.9. The number of amides is 1. The third-order valence-electron chi connectivity index (χ3n) is 4.24. The van der Waals surface area contributed by atoms with Crippen LogP contribution < -0.4 is 16.4 Å². The zero-order valence-corrected chi connectivity index (χ0v) is 16.9. The minimum Gasteiger partial charge on any atom is -0.478 e. The average Bonchev–Trinajstić information content (AvgIpc) is 2.70. The topological polar surface area (TPSA) is 127 Å². The van der Waals surface area contributed by atoms with Gasteiger partial charge in [0.15, 0.2) is 5.15 Å². The highest BCUT2D eigenvalue weighted by molar-refractivity contribution is 6.32. The number of unbranched alkanes of at least 4 members (excludes halogenated alkanes) is 1. The predicted octanol–water partition coefficient (Wildman–Crippen LogP) is 3.91. The molecule has 8 nitrogen and oxygen atoms in total. The van der Waals surface area contributed by atoms with Crippen molar-refractivity contribution in [3.8, 4) is 0 Å². The van der Waals surface area contributed by atoms with Gasteiger partial charge in [-0.15, -0.1) is 0 Å². The van der Waals surface area contributed by atoms with E-state index in [4.69, 9.17) is 22.1 Å². The fourth-order valence-corrected chi connectivity index (χ4v) is 2.82. The van der Waals surface area contributed by atoms with Gasteiger partial charge in [0.05, 0.1) is 11.4 Å². The Balaban J connectivity index is 1.69. The van der Waals surface area contributed by atoms with Crippen LogP contribution in [0.5, 0.6) is 0 Å². The largest absolute Gasteiger partial charge is 0.478 e. The van der Waals surface area contributed by atoms with Gasteiger partial charge in [-0.25, -0.2) is 14.6 Å². The van der Waals surface area contributed by atoms with Gasteiger partial charge in [0, 0.05) is 18.8 Å². The van der Waals surface area contributed by atoms with Crippen molar-refractivity contribution < 1.29 is 19.4 Å². The number of hydrogen-bond donors (Lipinski definition) is 4. The minimum absolute atomic E-state index is 0.0263. The summed E-state index contributed by atoms with van der Waals surface area (Å²) in [7, 11) is 0. The zero-order valence-electron chi connectivity index (χ0n) is 16.2. The Morgan fingerprint density at radius 2 is 2.00 bits per heavy atom. The maximum absolute atomic E-state index is 11.7. The summed E-state index contributed by atoms with van der Waals surface area (Å²) >= 11 is 5.89. The van der Waals surface area contributed by atoms with Crippen LogP contribution in [-0.4, -0.2) is 34.7 Å². The number of aromatic nitrogens is 1. The molecule has 0 fully saturated rings. The van der Waals surface area contributed by atoms with Crippen molar-refractivity contribution >= 4 is 35.0 Å². The Morgan fingerprint density at radius 3 is 2.69 bits per heavy atom. The summed E-state index contributed by atoms with van der Waals surface area (Å²) in [6.07, 6.45) is 3.05. The summed E-state index contributed by atoms with van der Waals surface area (Å²) in [5.74, 6) is -1.13. The van der Waals surface area contributed by atoms with Crippen LogP contribution in [0.25, 0.3) is 0 Å². The van der Waals surface area contributed by atoms with Crippen LogP contribution in [0.3, 0.4) is 0 Å². The summed E-state index contributed by atoms with van der Waals surface area (Å²) in [5.41, 5.74) is 7.15. The number of nitrogens with zero attached hydrogens (tertiary/aromatic N) is 1. The number of pyridine rings is 1. The van der Waals surface area contributed by atoms with Crippen LogP contribution in [0.1, 0.15) is 42.1 Å². The molecule has 1 heterocycles. The van der Waals surface area contributed by atoms with E-state index in [1.807, 2.05) is 37.3 Å². The highest BCUT2D eigenvalue weighted by Gasteiger charge is 2.18. The summed E-state index contributed by atoms with van der Waals surface area (Å²) in [5, 5.41) is 15.1. The van der Waals surface area contributed by atoms with Crippen molar-refractivity contribution in [1.82, 2.24) is 10.3 Å². The SMILES string of the molecule is C[C@@H](CCCCNC(=O)OCc1ccccc1)Nc1c(C(=O)O)cnc(Cl)c1N. The number of nitrogens with one attached hydrogen (secondary N) is 2. The van der Waals surface area contributed by atoms with Crippen molar-refractivity contribution in [2.75, 3.05) is 17.6 Å². The molecule has 1 aromatic heterocycles. The number of carboxylic acid groups (broad SMARTS) is 1. The van der Waals surface area contributed by atoms with Crippen LogP contribution in [0.4, 0.5) is 16.2 Å². The molecule has 1 atom stereocenters. The van der Waals surface area contributed by atoms with E-state index in [1.165, 1.54) is 6.20 Å². The fraction of sp³-hybridized carbons (Fsp3) is 0.350. The smallest absolute Gasteiger partial charge is 0.407 e. The first kappa shape index (κ1) is 22.3. The van der Waals surface area contributed by atoms with Gasteiger partial charge in [0.2, 0.25) is 0 Å². The van der Waals surface area contributed by atoms with Gasteiger partial charge >= 0.3 is 12.1 Å². The zero-order chi connectivity index (χ0) is 21.2. The molecule has 1 aromatic carbocycles. The first-order valence-corrected chi connectivity index (χ1v) is 9.64. The highest BCUT2D eigenvalue weighted by atomic mass is 35.5. The number of alkyl carbamates (subject to hydrolysis) is 1. The maximum Gasteiger partial charge on any atom is 0.407 e. The molecule has 0 radical (unpaired) electrons. The van der Waals surface area contributed by atoms with Gasteiger partial charge in [-0.05, 0) is 31.7 Å². The molecule has 0 unspecified atom stereocenters. The molecule has 156 valence electrons. The normalized spacial score (nSPS) is 11.5. The summed E-state index contributed by atoms with van der Waals surface area (Å²) < 4.78 is 5.14. The summed E-state index contributed by atoms with van der Waals surface area (Å²) in [6, 6.07) is 9.41. The quantitative estimate of drug-likeness (QED) is 0.339.